The van der Waals surface area contributed by atoms with Gasteiger partial charge in [0, 0.05) is 25.5 Å². The van der Waals surface area contributed by atoms with E-state index in [0.29, 0.717) is 11.4 Å². The Balaban J connectivity index is 2.46. The summed E-state index contributed by atoms with van der Waals surface area (Å²) in [5.41, 5.74) is 1.14. The van der Waals surface area contributed by atoms with Gasteiger partial charge >= 0.3 is 0 Å². The van der Waals surface area contributed by atoms with Crippen molar-refractivity contribution >= 4 is 27.3 Å². The predicted octanol–water partition coefficient (Wildman–Crippen LogP) is 3.12. The number of sulfonamides is 1. The molecule has 7 heteroatoms. The van der Waals surface area contributed by atoms with Gasteiger partial charge in [-0.25, -0.2) is 12.8 Å². The molecule has 1 aromatic heterocycles. The van der Waals surface area contributed by atoms with Crippen LogP contribution in [0.5, 0.6) is 0 Å². The second-order valence-electron chi connectivity index (χ2n) is 4.56. The third kappa shape index (κ3) is 3.06. The summed E-state index contributed by atoms with van der Waals surface area (Å²) in [5, 5.41) is 0. The van der Waals surface area contributed by atoms with E-state index in [1.807, 2.05) is 0 Å². The Morgan fingerprint density at radius 1 is 1.29 bits per heavy atom. The fourth-order valence-corrected chi connectivity index (χ4v) is 3.91. The number of hydrogen-bond donors (Lipinski definition) is 0. The zero-order valence-corrected chi connectivity index (χ0v) is 13.3. The van der Waals surface area contributed by atoms with E-state index >= 15 is 0 Å². The smallest absolute Gasteiger partial charge is 0.265 e. The Morgan fingerprint density at radius 3 is 2.38 bits per heavy atom. The van der Waals surface area contributed by atoms with Crippen LogP contribution in [-0.2, 0) is 23.0 Å². The van der Waals surface area contributed by atoms with Crippen LogP contribution in [0.2, 0.25) is 0 Å². The van der Waals surface area contributed by atoms with Crippen molar-refractivity contribution in [2.24, 2.45) is 7.05 Å². The normalized spacial score (nSPS) is 11.6. The van der Waals surface area contributed by atoms with Gasteiger partial charge in [0.1, 0.15) is 10.7 Å². The van der Waals surface area contributed by atoms with Gasteiger partial charge in [0.05, 0.1) is 11.6 Å². The number of anilines is 1. The molecule has 0 atom stereocenters. The summed E-state index contributed by atoms with van der Waals surface area (Å²) in [6.45, 7) is 1.98. The number of halogens is 2. The number of alkyl halides is 1. The molecule has 21 heavy (non-hydrogen) atoms. The van der Waals surface area contributed by atoms with Gasteiger partial charge in [-0.2, -0.15) is 0 Å². The number of rotatable bonds is 5. The van der Waals surface area contributed by atoms with Crippen LogP contribution in [-0.4, -0.2) is 19.5 Å². The highest BCUT2D eigenvalue weighted by Gasteiger charge is 2.25. The molecule has 0 saturated heterocycles. The maximum Gasteiger partial charge on any atom is 0.265 e. The molecule has 0 aliphatic rings. The number of nitrogens with zero attached hydrogens (tertiary/aromatic N) is 2. The lowest BCUT2D eigenvalue weighted by atomic mass is 10.3. The van der Waals surface area contributed by atoms with E-state index in [1.165, 1.54) is 34.8 Å². The molecular formula is C14H16ClFN2O2S. The standard InChI is InChI=1S/C14H16ClFN2O2S/c1-3-18(12-6-4-11(16)5-7-12)21(19,20)14-8-13(9-15)17(2)10-14/h4-8,10H,3,9H2,1-2H3. The molecule has 0 fully saturated rings. The van der Waals surface area contributed by atoms with Gasteiger partial charge in [-0.1, -0.05) is 0 Å². The van der Waals surface area contributed by atoms with E-state index in [9.17, 15) is 12.8 Å². The molecule has 0 bridgehead atoms. The van der Waals surface area contributed by atoms with Crippen LogP contribution in [0.25, 0.3) is 0 Å². The summed E-state index contributed by atoms with van der Waals surface area (Å²) in [6, 6.07) is 6.92. The van der Waals surface area contributed by atoms with Gasteiger partial charge in [0.2, 0.25) is 0 Å². The van der Waals surface area contributed by atoms with Gasteiger partial charge in [-0.05, 0) is 37.3 Å². The number of aryl methyl sites for hydroxylation is 1. The van der Waals surface area contributed by atoms with Crippen molar-refractivity contribution in [3.8, 4) is 0 Å². The molecular weight excluding hydrogens is 315 g/mol. The van der Waals surface area contributed by atoms with E-state index in [0.717, 1.165) is 0 Å². The zero-order valence-electron chi connectivity index (χ0n) is 11.8. The molecule has 1 heterocycles. The van der Waals surface area contributed by atoms with Gasteiger partial charge in [0.15, 0.2) is 0 Å². The highest BCUT2D eigenvalue weighted by molar-refractivity contribution is 7.92. The van der Waals surface area contributed by atoms with Crippen LogP contribution < -0.4 is 4.31 Å². The predicted molar refractivity (Wildman–Crippen MR) is 81.6 cm³/mol. The molecule has 0 aliphatic heterocycles. The molecule has 2 aromatic rings. The van der Waals surface area contributed by atoms with Crippen molar-refractivity contribution in [3.63, 3.8) is 0 Å². The summed E-state index contributed by atoms with van der Waals surface area (Å²) in [6.07, 6.45) is 1.53. The van der Waals surface area contributed by atoms with Gasteiger partial charge < -0.3 is 4.57 Å². The average Bonchev–Trinajstić information content (AvgIpc) is 2.83. The van der Waals surface area contributed by atoms with Crippen LogP contribution in [0.3, 0.4) is 0 Å². The van der Waals surface area contributed by atoms with Crippen LogP contribution in [0.1, 0.15) is 12.6 Å². The Kier molecular flexibility index (Phi) is 4.58. The summed E-state index contributed by atoms with van der Waals surface area (Å²) in [5.74, 6) is -0.175. The molecule has 1 aromatic carbocycles. The molecule has 0 spiro atoms. The van der Waals surface area contributed by atoms with Crippen molar-refractivity contribution in [1.82, 2.24) is 4.57 Å². The minimum absolute atomic E-state index is 0.173. The second kappa shape index (κ2) is 6.07. The molecule has 0 unspecified atom stereocenters. The number of benzene rings is 1. The Morgan fingerprint density at radius 2 is 1.90 bits per heavy atom. The lowest BCUT2D eigenvalue weighted by Crippen LogP contribution is -2.30. The van der Waals surface area contributed by atoms with Crippen LogP contribution in [0.15, 0.2) is 41.4 Å². The molecule has 0 saturated carbocycles. The molecule has 0 radical (unpaired) electrons. The molecule has 0 N–H and O–H groups in total. The third-order valence-corrected chi connectivity index (χ3v) is 5.35. The monoisotopic (exact) mass is 330 g/mol. The molecule has 2 rings (SSSR count). The quantitative estimate of drug-likeness (QED) is 0.790. The Hall–Kier alpha value is -1.53. The fraction of sp³-hybridized carbons (Fsp3) is 0.286. The zero-order chi connectivity index (χ0) is 15.6. The third-order valence-electron chi connectivity index (χ3n) is 3.21. The lowest BCUT2D eigenvalue weighted by molar-refractivity contribution is 0.591. The van der Waals surface area contributed by atoms with E-state index in [2.05, 4.69) is 0 Å². The van der Waals surface area contributed by atoms with E-state index < -0.39 is 15.8 Å². The topological polar surface area (TPSA) is 42.3 Å². The highest BCUT2D eigenvalue weighted by Crippen LogP contribution is 2.25. The van der Waals surface area contributed by atoms with Crippen molar-refractivity contribution in [2.75, 3.05) is 10.8 Å². The lowest BCUT2D eigenvalue weighted by Gasteiger charge is -2.22. The van der Waals surface area contributed by atoms with Crippen molar-refractivity contribution in [3.05, 3.63) is 48.0 Å². The van der Waals surface area contributed by atoms with Crippen molar-refractivity contribution in [1.29, 1.82) is 0 Å². The number of aromatic nitrogens is 1. The average molecular weight is 331 g/mol. The first-order chi connectivity index (χ1) is 9.90. The van der Waals surface area contributed by atoms with Crippen molar-refractivity contribution in [2.45, 2.75) is 17.7 Å². The first kappa shape index (κ1) is 15.9. The fourth-order valence-electron chi connectivity index (χ4n) is 2.08. The Labute approximate surface area is 128 Å². The maximum atomic E-state index is 13.0. The van der Waals surface area contributed by atoms with Crippen LogP contribution in [0, 0.1) is 5.82 Å². The van der Waals surface area contributed by atoms with E-state index in [-0.39, 0.29) is 17.3 Å². The van der Waals surface area contributed by atoms with Gasteiger partial charge in [0.25, 0.3) is 10.0 Å². The maximum absolute atomic E-state index is 13.0. The van der Waals surface area contributed by atoms with Gasteiger partial charge in [-0.3, -0.25) is 4.31 Å². The first-order valence-electron chi connectivity index (χ1n) is 6.39. The van der Waals surface area contributed by atoms with Crippen molar-refractivity contribution < 1.29 is 12.8 Å². The minimum Gasteiger partial charge on any atom is -0.352 e. The molecule has 0 aliphatic carbocycles. The summed E-state index contributed by atoms with van der Waals surface area (Å²) < 4.78 is 41.3. The molecule has 114 valence electrons. The first-order valence-corrected chi connectivity index (χ1v) is 8.37. The summed E-state index contributed by atoms with van der Waals surface area (Å²) in [7, 11) is -1.96. The Bertz CT molecular complexity index is 726. The van der Waals surface area contributed by atoms with E-state index in [4.69, 9.17) is 11.6 Å². The largest absolute Gasteiger partial charge is 0.352 e. The molecule has 0 amide bonds. The number of hydrogen-bond acceptors (Lipinski definition) is 2. The van der Waals surface area contributed by atoms with Gasteiger partial charge in [-0.15, -0.1) is 11.6 Å². The SMILES string of the molecule is CCN(c1ccc(F)cc1)S(=O)(=O)c1cc(CCl)n(C)c1. The second-order valence-corrected chi connectivity index (χ2v) is 6.69. The summed E-state index contributed by atoms with van der Waals surface area (Å²) >= 11 is 5.77. The van der Waals surface area contributed by atoms with Crippen LogP contribution in [0.4, 0.5) is 10.1 Å². The molecule has 4 nitrogen and oxygen atoms in total. The van der Waals surface area contributed by atoms with Crippen LogP contribution >= 0.6 is 11.6 Å². The highest BCUT2D eigenvalue weighted by atomic mass is 35.5. The summed E-state index contributed by atoms with van der Waals surface area (Å²) in [4.78, 5) is 0.173. The van der Waals surface area contributed by atoms with E-state index in [1.54, 1.807) is 24.6 Å². The minimum atomic E-state index is -3.70.